The van der Waals surface area contributed by atoms with Gasteiger partial charge in [0.15, 0.2) is 0 Å². The molecule has 0 aliphatic carbocycles. The van der Waals surface area contributed by atoms with Crippen molar-refractivity contribution in [3.05, 3.63) is 59.2 Å². The molecule has 0 atom stereocenters. The van der Waals surface area contributed by atoms with Gasteiger partial charge in [0.05, 0.1) is 16.8 Å². The van der Waals surface area contributed by atoms with Crippen molar-refractivity contribution in [2.24, 2.45) is 0 Å². The van der Waals surface area contributed by atoms with Gasteiger partial charge in [0.2, 0.25) is 20.0 Å². The molecule has 164 valence electrons. The molecule has 0 bridgehead atoms. The molecule has 30 heavy (non-hydrogen) atoms. The highest BCUT2D eigenvalue weighted by Crippen LogP contribution is 2.20. The zero-order valence-electron chi connectivity index (χ0n) is 17.5. The van der Waals surface area contributed by atoms with Crippen LogP contribution in [0.3, 0.4) is 0 Å². The maximum Gasteiger partial charge on any atom is 0.251 e. The van der Waals surface area contributed by atoms with Crippen molar-refractivity contribution in [3.63, 3.8) is 0 Å². The Hall–Kier alpha value is -2.43. The monoisotopic (exact) mass is 453 g/mol. The van der Waals surface area contributed by atoms with Crippen molar-refractivity contribution in [1.82, 2.24) is 9.62 Å². The molecule has 0 heterocycles. The summed E-state index contributed by atoms with van der Waals surface area (Å²) >= 11 is 0. The maximum absolute atomic E-state index is 12.8. The number of sulfonamides is 2. The van der Waals surface area contributed by atoms with Gasteiger partial charge in [0.1, 0.15) is 0 Å². The number of aryl methyl sites for hydroxylation is 1. The van der Waals surface area contributed by atoms with Gasteiger partial charge >= 0.3 is 0 Å². The number of carbonyl (C=O) groups excluding carboxylic acids is 1. The van der Waals surface area contributed by atoms with Crippen molar-refractivity contribution in [2.45, 2.75) is 32.2 Å². The SMILES string of the molecule is CCN(CC)S(=O)(=O)c1ccc(C)c(C(=O)NCc2ccccc2NS(C)(=O)=O)c1. The first-order valence-corrected chi connectivity index (χ1v) is 12.8. The van der Waals surface area contributed by atoms with Crippen molar-refractivity contribution in [3.8, 4) is 0 Å². The highest BCUT2D eigenvalue weighted by atomic mass is 32.2. The lowest BCUT2D eigenvalue weighted by Gasteiger charge is -2.19. The molecule has 0 saturated heterocycles. The third-order valence-electron chi connectivity index (χ3n) is 4.55. The molecule has 0 unspecified atom stereocenters. The van der Waals surface area contributed by atoms with Crippen molar-refractivity contribution in [1.29, 1.82) is 0 Å². The third kappa shape index (κ3) is 5.80. The van der Waals surface area contributed by atoms with Gasteiger partial charge in [-0.2, -0.15) is 4.31 Å². The molecule has 0 spiro atoms. The number of anilines is 1. The predicted molar refractivity (Wildman–Crippen MR) is 117 cm³/mol. The topological polar surface area (TPSA) is 113 Å². The molecule has 1 amide bonds. The molecular formula is C20H27N3O5S2. The van der Waals surface area contributed by atoms with E-state index in [0.29, 0.717) is 29.9 Å². The number of para-hydroxylation sites is 1. The Morgan fingerprint density at radius 1 is 1.00 bits per heavy atom. The van der Waals surface area contributed by atoms with E-state index in [2.05, 4.69) is 10.0 Å². The second kappa shape index (κ2) is 9.59. The van der Waals surface area contributed by atoms with Crippen LogP contribution in [0.5, 0.6) is 0 Å². The van der Waals surface area contributed by atoms with Crippen LogP contribution in [0.25, 0.3) is 0 Å². The predicted octanol–water partition coefficient (Wildman–Crippen LogP) is 2.33. The number of nitrogens with zero attached hydrogens (tertiary/aromatic N) is 1. The van der Waals surface area contributed by atoms with E-state index >= 15 is 0 Å². The second-order valence-electron chi connectivity index (χ2n) is 6.78. The molecule has 0 aliphatic heterocycles. The fourth-order valence-corrected chi connectivity index (χ4v) is 5.05. The van der Waals surface area contributed by atoms with Gasteiger partial charge in [-0.15, -0.1) is 0 Å². The van der Waals surface area contributed by atoms with E-state index < -0.39 is 26.0 Å². The zero-order valence-corrected chi connectivity index (χ0v) is 19.1. The van der Waals surface area contributed by atoms with Crippen LogP contribution in [0.1, 0.15) is 35.3 Å². The average Bonchev–Trinajstić information content (AvgIpc) is 2.66. The van der Waals surface area contributed by atoms with Gasteiger partial charge in [-0.05, 0) is 36.2 Å². The van der Waals surface area contributed by atoms with Crippen LogP contribution in [0.2, 0.25) is 0 Å². The number of hydrogen-bond acceptors (Lipinski definition) is 5. The first-order valence-electron chi connectivity index (χ1n) is 9.44. The Labute approximate surface area is 178 Å². The molecule has 2 rings (SSSR count). The smallest absolute Gasteiger partial charge is 0.251 e. The Morgan fingerprint density at radius 2 is 1.63 bits per heavy atom. The minimum Gasteiger partial charge on any atom is -0.348 e. The van der Waals surface area contributed by atoms with Gasteiger partial charge in [0.25, 0.3) is 5.91 Å². The Bertz CT molecular complexity index is 1120. The Kier molecular flexibility index (Phi) is 7.62. The first kappa shape index (κ1) is 23.8. The summed E-state index contributed by atoms with van der Waals surface area (Å²) in [6.45, 7) is 5.97. The van der Waals surface area contributed by atoms with Gasteiger partial charge in [-0.3, -0.25) is 9.52 Å². The van der Waals surface area contributed by atoms with Crippen LogP contribution < -0.4 is 10.0 Å². The van der Waals surface area contributed by atoms with Crippen LogP contribution in [-0.4, -0.2) is 46.4 Å². The molecule has 0 fully saturated rings. The molecule has 8 nitrogen and oxygen atoms in total. The highest BCUT2D eigenvalue weighted by Gasteiger charge is 2.23. The molecule has 10 heteroatoms. The van der Waals surface area contributed by atoms with Crippen molar-refractivity contribution >= 4 is 31.6 Å². The van der Waals surface area contributed by atoms with E-state index in [0.717, 1.165) is 6.26 Å². The summed E-state index contributed by atoms with van der Waals surface area (Å²) in [7, 11) is -7.16. The summed E-state index contributed by atoms with van der Waals surface area (Å²) < 4.78 is 52.3. The Balaban J connectivity index is 2.27. The number of carbonyl (C=O) groups is 1. The average molecular weight is 454 g/mol. The molecule has 0 saturated carbocycles. The number of nitrogens with one attached hydrogen (secondary N) is 2. The van der Waals surface area contributed by atoms with E-state index in [1.165, 1.54) is 16.4 Å². The molecule has 0 radical (unpaired) electrons. The molecular weight excluding hydrogens is 426 g/mol. The molecule has 2 N–H and O–H groups in total. The van der Waals surface area contributed by atoms with E-state index in [1.807, 2.05) is 0 Å². The summed E-state index contributed by atoms with van der Waals surface area (Å²) in [6, 6.07) is 11.2. The van der Waals surface area contributed by atoms with Crippen molar-refractivity contribution in [2.75, 3.05) is 24.1 Å². The first-order chi connectivity index (χ1) is 14.0. The van der Waals surface area contributed by atoms with Gasteiger partial charge < -0.3 is 5.32 Å². The molecule has 0 aliphatic rings. The lowest BCUT2D eigenvalue weighted by molar-refractivity contribution is 0.0950. The van der Waals surface area contributed by atoms with E-state index in [4.69, 9.17) is 0 Å². The van der Waals surface area contributed by atoms with E-state index in [-0.39, 0.29) is 17.0 Å². The van der Waals surface area contributed by atoms with Gasteiger partial charge in [-0.1, -0.05) is 38.1 Å². The lowest BCUT2D eigenvalue weighted by Crippen LogP contribution is -2.31. The summed E-state index contributed by atoms with van der Waals surface area (Å²) in [5, 5.41) is 2.74. The molecule has 2 aromatic rings. The minimum absolute atomic E-state index is 0.0566. The number of benzene rings is 2. The maximum atomic E-state index is 12.8. The zero-order chi connectivity index (χ0) is 22.5. The molecule has 0 aromatic heterocycles. The summed E-state index contributed by atoms with van der Waals surface area (Å²) in [5.74, 6) is -0.446. The summed E-state index contributed by atoms with van der Waals surface area (Å²) in [4.78, 5) is 12.8. The summed E-state index contributed by atoms with van der Waals surface area (Å²) in [5.41, 5.74) is 1.83. The highest BCUT2D eigenvalue weighted by molar-refractivity contribution is 7.92. The van der Waals surface area contributed by atoms with Crippen LogP contribution in [0.4, 0.5) is 5.69 Å². The van der Waals surface area contributed by atoms with Gasteiger partial charge in [0, 0.05) is 25.2 Å². The number of hydrogen-bond donors (Lipinski definition) is 2. The van der Waals surface area contributed by atoms with Crippen LogP contribution in [-0.2, 0) is 26.6 Å². The lowest BCUT2D eigenvalue weighted by atomic mass is 10.1. The van der Waals surface area contributed by atoms with Crippen LogP contribution >= 0.6 is 0 Å². The van der Waals surface area contributed by atoms with Gasteiger partial charge in [-0.25, -0.2) is 16.8 Å². The number of rotatable bonds is 9. The third-order valence-corrected chi connectivity index (χ3v) is 7.19. The fourth-order valence-electron chi connectivity index (χ4n) is 2.96. The standard InChI is InChI=1S/C20H27N3O5S2/c1-5-23(6-2)30(27,28)17-12-11-15(3)18(13-17)20(24)21-14-16-9-7-8-10-19(16)22-29(4,25)26/h7-13,22H,5-6,14H2,1-4H3,(H,21,24). The Morgan fingerprint density at radius 3 is 2.23 bits per heavy atom. The van der Waals surface area contributed by atoms with Crippen LogP contribution in [0.15, 0.2) is 47.4 Å². The van der Waals surface area contributed by atoms with Crippen LogP contribution in [0, 0.1) is 6.92 Å². The molecule has 2 aromatic carbocycles. The minimum atomic E-state index is -3.69. The number of amides is 1. The van der Waals surface area contributed by atoms with E-state index in [1.54, 1.807) is 51.1 Å². The normalized spacial score (nSPS) is 12.0. The quantitative estimate of drug-likeness (QED) is 0.605. The fraction of sp³-hybridized carbons (Fsp3) is 0.350. The van der Waals surface area contributed by atoms with E-state index in [9.17, 15) is 21.6 Å². The second-order valence-corrected chi connectivity index (χ2v) is 10.5. The van der Waals surface area contributed by atoms with Crippen molar-refractivity contribution < 1.29 is 21.6 Å². The summed E-state index contributed by atoms with van der Waals surface area (Å²) in [6.07, 6.45) is 1.05. The largest absolute Gasteiger partial charge is 0.348 e.